The van der Waals surface area contributed by atoms with E-state index in [1.807, 2.05) is 62.4 Å². The van der Waals surface area contributed by atoms with Crippen molar-refractivity contribution in [1.82, 2.24) is 25.2 Å². The highest BCUT2D eigenvalue weighted by molar-refractivity contribution is 6.06. The average molecular weight is 466 g/mol. The van der Waals surface area contributed by atoms with E-state index >= 15 is 0 Å². The molecule has 0 radical (unpaired) electrons. The van der Waals surface area contributed by atoms with E-state index in [-0.39, 0.29) is 12.0 Å². The van der Waals surface area contributed by atoms with Gasteiger partial charge in [0, 0.05) is 35.6 Å². The van der Waals surface area contributed by atoms with Crippen LogP contribution in [0.3, 0.4) is 0 Å². The first-order chi connectivity index (χ1) is 17.3. The number of fused-ring (bicyclic) bond motifs is 3. The van der Waals surface area contributed by atoms with Crippen LogP contribution in [-0.2, 0) is 4.74 Å². The fraction of sp³-hybridized carbons (Fsp3) is 0.214. The molecular weight excluding hydrogens is 438 g/mol. The zero-order valence-corrected chi connectivity index (χ0v) is 20.0. The van der Waals surface area contributed by atoms with Crippen molar-refractivity contribution in [3.63, 3.8) is 0 Å². The predicted octanol–water partition coefficient (Wildman–Crippen LogP) is 6.26. The quantitative estimate of drug-likeness (QED) is 0.312. The molecule has 6 rings (SSSR count). The van der Waals surface area contributed by atoms with Gasteiger partial charge in [-0.05, 0) is 42.0 Å². The maximum atomic E-state index is 6.27. The number of aromatic nitrogens is 5. The average Bonchev–Trinajstić information content (AvgIpc) is 3.50. The molecule has 0 fully saturated rings. The lowest BCUT2D eigenvalue weighted by atomic mass is 9.92. The summed E-state index contributed by atoms with van der Waals surface area (Å²) in [6, 6.07) is 20.1. The third-order valence-electron chi connectivity index (χ3n) is 6.02. The second-order valence-electron chi connectivity index (χ2n) is 8.01. The summed E-state index contributed by atoms with van der Waals surface area (Å²) in [7, 11) is 1.72. The fourth-order valence-electron chi connectivity index (χ4n) is 4.37. The maximum absolute atomic E-state index is 6.27. The predicted molar refractivity (Wildman–Crippen MR) is 138 cm³/mol. The van der Waals surface area contributed by atoms with Crippen LogP contribution in [0.15, 0.2) is 89.5 Å². The normalized spacial score (nSPS) is 17.6. The Morgan fingerprint density at radius 2 is 1.80 bits per heavy atom. The lowest BCUT2D eigenvalue weighted by molar-refractivity contribution is 0.131. The number of allylic oxidation sites excluding steroid dienone is 3. The molecule has 0 aliphatic heterocycles. The van der Waals surface area contributed by atoms with Gasteiger partial charge in [-0.3, -0.25) is 4.98 Å². The first-order valence-electron chi connectivity index (χ1n) is 11.8. The Hall–Kier alpha value is -4.10. The summed E-state index contributed by atoms with van der Waals surface area (Å²) in [4.78, 5) is 5.83. The molecule has 3 heterocycles. The van der Waals surface area contributed by atoms with Crippen LogP contribution in [0.25, 0.3) is 39.2 Å². The van der Waals surface area contributed by atoms with Crippen molar-refractivity contribution in [3.05, 3.63) is 90.7 Å². The van der Waals surface area contributed by atoms with Gasteiger partial charge in [0.05, 0.1) is 11.8 Å². The summed E-state index contributed by atoms with van der Waals surface area (Å²) in [6.07, 6.45) is 8.58. The second kappa shape index (κ2) is 10.0. The summed E-state index contributed by atoms with van der Waals surface area (Å²) < 4.78 is 12.1. The lowest BCUT2D eigenvalue weighted by Gasteiger charge is -2.17. The zero-order chi connectivity index (χ0) is 24.2. The van der Waals surface area contributed by atoms with E-state index in [1.54, 1.807) is 13.3 Å². The monoisotopic (exact) mass is 465 g/mol. The van der Waals surface area contributed by atoms with Crippen molar-refractivity contribution >= 4 is 27.6 Å². The molecule has 7 nitrogen and oxygen atoms in total. The standard InChI is InChI=1S/C26H21N5O2.C2H6/c1-32-19-15-17(20-8-6-9-22-21-7-2-3-11-24(21)33-25(20)22)12-13-18(16-19)31-29-26(28-30-31)23-10-4-5-14-27-23;1-2/h2-14,16-17,19H,15H2,1H3;1-2H3. The third-order valence-corrected chi connectivity index (χ3v) is 6.02. The molecule has 0 spiro atoms. The summed E-state index contributed by atoms with van der Waals surface area (Å²) in [5.74, 6) is 0.582. The first kappa shape index (κ1) is 22.7. The first-order valence-corrected chi connectivity index (χ1v) is 11.8. The van der Waals surface area contributed by atoms with E-state index in [4.69, 9.17) is 9.15 Å². The number of hydrogen-bond acceptors (Lipinski definition) is 6. The topological polar surface area (TPSA) is 78.9 Å². The Morgan fingerprint density at radius 3 is 2.63 bits per heavy atom. The lowest BCUT2D eigenvalue weighted by Crippen LogP contribution is -2.12. The molecule has 0 bridgehead atoms. The van der Waals surface area contributed by atoms with Crippen LogP contribution >= 0.6 is 0 Å². The van der Waals surface area contributed by atoms with Gasteiger partial charge >= 0.3 is 0 Å². The maximum Gasteiger partial charge on any atom is 0.223 e. The van der Waals surface area contributed by atoms with Crippen molar-refractivity contribution < 1.29 is 9.15 Å². The SMILES string of the molecule is CC.COC1C=C(n2nnc(-c3ccccn3)n2)C=CC(c2cccc3c2oc2ccccc23)C1. The van der Waals surface area contributed by atoms with Crippen LogP contribution in [0.2, 0.25) is 0 Å². The largest absolute Gasteiger partial charge is 0.456 e. The van der Waals surface area contributed by atoms with Gasteiger partial charge < -0.3 is 9.15 Å². The molecule has 7 heteroatoms. The molecule has 0 amide bonds. The van der Waals surface area contributed by atoms with Gasteiger partial charge in [-0.2, -0.15) is 0 Å². The minimum atomic E-state index is -0.121. The van der Waals surface area contributed by atoms with Gasteiger partial charge in [0.25, 0.3) is 0 Å². The highest BCUT2D eigenvalue weighted by Crippen LogP contribution is 2.37. The van der Waals surface area contributed by atoms with Gasteiger partial charge in [0.1, 0.15) is 16.9 Å². The number of furan rings is 1. The van der Waals surface area contributed by atoms with Crippen LogP contribution in [0.1, 0.15) is 31.7 Å². The van der Waals surface area contributed by atoms with Crippen LogP contribution in [0.4, 0.5) is 0 Å². The summed E-state index contributed by atoms with van der Waals surface area (Å²) in [5, 5.41) is 15.2. The summed E-state index contributed by atoms with van der Waals surface area (Å²) in [5.41, 5.74) is 4.43. The molecule has 2 atom stereocenters. The van der Waals surface area contributed by atoms with E-state index in [2.05, 4.69) is 50.7 Å². The molecule has 2 unspecified atom stereocenters. The van der Waals surface area contributed by atoms with Gasteiger partial charge in [-0.25, -0.2) is 0 Å². The Bertz CT molecular complexity index is 1500. The van der Waals surface area contributed by atoms with Crippen LogP contribution in [0.5, 0.6) is 0 Å². The fourth-order valence-corrected chi connectivity index (χ4v) is 4.37. The van der Waals surface area contributed by atoms with E-state index in [9.17, 15) is 0 Å². The van der Waals surface area contributed by atoms with E-state index in [0.29, 0.717) is 11.5 Å². The number of tetrazole rings is 1. The molecule has 0 N–H and O–H groups in total. The summed E-state index contributed by atoms with van der Waals surface area (Å²) >= 11 is 0. The molecular formula is C28H27N5O2. The Labute approximate surface area is 203 Å². The summed E-state index contributed by atoms with van der Waals surface area (Å²) in [6.45, 7) is 4.00. The van der Waals surface area contributed by atoms with E-state index < -0.39 is 0 Å². The highest BCUT2D eigenvalue weighted by Gasteiger charge is 2.23. The molecule has 0 saturated carbocycles. The highest BCUT2D eigenvalue weighted by atomic mass is 16.5. The van der Waals surface area contributed by atoms with Crippen LogP contribution < -0.4 is 0 Å². The molecule has 0 saturated heterocycles. The zero-order valence-electron chi connectivity index (χ0n) is 20.0. The minimum absolute atomic E-state index is 0.103. The molecule has 1 aliphatic carbocycles. The van der Waals surface area contributed by atoms with E-state index in [1.165, 1.54) is 4.80 Å². The van der Waals surface area contributed by atoms with Gasteiger partial charge in [-0.1, -0.05) is 62.4 Å². The second-order valence-corrected chi connectivity index (χ2v) is 8.01. The Balaban J connectivity index is 0.00000124. The van der Waals surface area contributed by atoms with Gasteiger partial charge in [0.15, 0.2) is 0 Å². The van der Waals surface area contributed by atoms with Crippen molar-refractivity contribution in [3.8, 4) is 11.5 Å². The number of methoxy groups -OCH3 is 1. The number of hydrogen-bond donors (Lipinski definition) is 0. The van der Waals surface area contributed by atoms with E-state index in [0.717, 1.165) is 39.6 Å². The number of para-hydroxylation sites is 2. The number of pyridine rings is 1. The molecule has 2 aromatic carbocycles. The number of rotatable bonds is 4. The van der Waals surface area contributed by atoms with Gasteiger partial charge in [0.2, 0.25) is 5.82 Å². The van der Waals surface area contributed by atoms with Crippen molar-refractivity contribution in [1.29, 1.82) is 0 Å². The Kier molecular flexibility index (Phi) is 6.50. The number of ether oxygens (including phenoxy) is 1. The minimum Gasteiger partial charge on any atom is -0.456 e. The van der Waals surface area contributed by atoms with Crippen LogP contribution in [0, 0.1) is 0 Å². The Morgan fingerprint density at radius 1 is 0.971 bits per heavy atom. The molecule has 3 aromatic heterocycles. The number of benzene rings is 2. The molecule has 1 aliphatic rings. The molecule has 35 heavy (non-hydrogen) atoms. The van der Waals surface area contributed by atoms with Crippen molar-refractivity contribution in [2.24, 2.45) is 0 Å². The van der Waals surface area contributed by atoms with Gasteiger partial charge in [-0.15, -0.1) is 15.0 Å². The third kappa shape index (κ3) is 4.38. The van der Waals surface area contributed by atoms with Crippen molar-refractivity contribution in [2.75, 3.05) is 7.11 Å². The smallest absolute Gasteiger partial charge is 0.223 e. The molecule has 5 aromatic rings. The molecule has 176 valence electrons. The number of nitrogens with zero attached hydrogens (tertiary/aromatic N) is 5. The van der Waals surface area contributed by atoms with Crippen LogP contribution in [-0.4, -0.2) is 38.4 Å². The van der Waals surface area contributed by atoms with Crippen molar-refractivity contribution in [2.45, 2.75) is 32.3 Å².